The third-order valence-electron chi connectivity index (χ3n) is 4.84. The molecule has 3 atom stereocenters. The summed E-state index contributed by atoms with van der Waals surface area (Å²) in [7, 11) is 0. The Labute approximate surface area is 92.0 Å². The quantitative estimate of drug-likeness (QED) is 0.680. The Kier molecular flexibility index (Phi) is 1.79. The van der Waals surface area contributed by atoms with Crippen LogP contribution in [0.1, 0.15) is 40.0 Å². The summed E-state index contributed by atoms with van der Waals surface area (Å²) in [4.78, 5) is 14.5. The van der Waals surface area contributed by atoms with E-state index in [1.165, 1.54) is 19.3 Å². The summed E-state index contributed by atoms with van der Waals surface area (Å²) in [5.74, 6) is 2.63. The molecule has 2 aliphatic carbocycles. The summed E-state index contributed by atoms with van der Waals surface area (Å²) in [6.45, 7) is 7.65. The highest BCUT2D eigenvalue weighted by molar-refractivity contribution is 5.86. The summed E-state index contributed by atoms with van der Waals surface area (Å²) in [5, 5.41) is 0. The molecule has 0 radical (unpaired) electrons. The Morgan fingerprint density at radius 3 is 2.53 bits per heavy atom. The van der Waals surface area contributed by atoms with Gasteiger partial charge in [-0.05, 0) is 37.0 Å². The lowest BCUT2D eigenvalue weighted by molar-refractivity contribution is -0.135. The average Bonchev–Trinajstić information content (AvgIpc) is 2.89. The monoisotopic (exact) mass is 207 g/mol. The average molecular weight is 207 g/mol. The maximum Gasteiger partial charge on any atom is 0.228 e. The molecular formula is C13H21NO. The maximum absolute atomic E-state index is 12.3. The van der Waals surface area contributed by atoms with Crippen LogP contribution >= 0.6 is 0 Å². The highest BCUT2D eigenvalue weighted by atomic mass is 16.2. The summed E-state index contributed by atoms with van der Waals surface area (Å²) in [5.41, 5.74) is -0.0861. The van der Waals surface area contributed by atoms with Gasteiger partial charge in [-0.3, -0.25) is 4.79 Å². The fourth-order valence-electron chi connectivity index (χ4n) is 3.83. The summed E-state index contributed by atoms with van der Waals surface area (Å²) in [6.07, 6.45) is 3.93. The number of fused-ring (bicyclic) bond motifs is 1. The molecule has 3 unspecified atom stereocenters. The lowest BCUT2D eigenvalue weighted by Gasteiger charge is -2.44. The van der Waals surface area contributed by atoms with Crippen molar-refractivity contribution in [2.24, 2.45) is 23.2 Å². The molecule has 0 spiro atoms. The molecule has 2 heteroatoms. The van der Waals surface area contributed by atoms with Crippen molar-refractivity contribution in [2.75, 3.05) is 6.54 Å². The first kappa shape index (κ1) is 9.68. The minimum Gasteiger partial charge on any atom is -0.339 e. The zero-order valence-electron chi connectivity index (χ0n) is 9.99. The Hall–Kier alpha value is -0.530. The van der Waals surface area contributed by atoms with Crippen molar-refractivity contribution in [2.45, 2.75) is 46.1 Å². The van der Waals surface area contributed by atoms with E-state index in [0.717, 1.165) is 18.4 Å². The van der Waals surface area contributed by atoms with Crippen LogP contribution in [0.4, 0.5) is 0 Å². The summed E-state index contributed by atoms with van der Waals surface area (Å²) < 4.78 is 0. The van der Waals surface area contributed by atoms with Gasteiger partial charge in [-0.25, -0.2) is 0 Å². The van der Waals surface area contributed by atoms with Crippen molar-refractivity contribution in [3.8, 4) is 0 Å². The van der Waals surface area contributed by atoms with Crippen molar-refractivity contribution in [1.82, 2.24) is 4.90 Å². The molecule has 3 fully saturated rings. The Morgan fingerprint density at radius 1 is 1.40 bits per heavy atom. The van der Waals surface area contributed by atoms with Crippen molar-refractivity contribution in [3.63, 3.8) is 0 Å². The highest BCUT2D eigenvalue weighted by Crippen LogP contribution is 2.55. The zero-order chi connectivity index (χ0) is 10.8. The van der Waals surface area contributed by atoms with Crippen LogP contribution in [0.5, 0.6) is 0 Å². The number of likely N-dealkylation sites (tertiary alicyclic amines) is 1. The molecule has 2 saturated carbocycles. The van der Waals surface area contributed by atoms with Crippen molar-refractivity contribution >= 4 is 5.91 Å². The van der Waals surface area contributed by atoms with Crippen LogP contribution in [0.25, 0.3) is 0 Å². The predicted molar refractivity (Wildman–Crippen MR) is 59.3 cm³/mol. The SMILES string of the molecule is CC1CC2C1C(C)(C)C(=O)N2CC1CC1. The predicted octanol–water partition coefficient (Wildman–Crippen LogP) is 2.29. The molecule has 1 saturated heterocycles. The maximum atomic E-state index is 12.3. The largest absolute Gasteiger partial charge is 0.339 e. The first-order valence-electron chi connectivity index (χ1n) is 6.33. The van der Waals surface area contributed by atoms with Gasteiger partial charge in [0.15, 0.2) is 0 Å². The molecule has 0 N–H and O–H groups in total. The van der Waals surface area contributed by atoms with Gasteiger partial charge in [0.2, 0.25) is 5.91 Å². The van der Waals surface area contributed by atoms with E-state index in [2.05, 4.69) is 25.7 Å². The fourth-order valence-corrected chi connectivity index (χ4v) is 3.83. The molecule has 15 heavy (non-hydrogen) atoms. The number of carbonyl (C=O) groups excluding carboxylic acids is 1. The molecule has 1 heterocycles. The van der Waals surface area contributed by atoms with E-state index in [1.54, 1.807) is 0 Å². The molecule has 1 amide bonds. The highest BCUT2D eigenvalue weighted by Gasteiger charge is 2.61. The molecule has 3 rings (SSSR count). The van der Waals surface area contributed by atoms with Gasteiger partial charge in [0.25, 0.3) is 0 Å². The zero-order valence-corrected chi connectivity index (χ0v) is 9.99. The standard InChI is InChI=1S/C13H21NO/c1-8-6-10-11(8)13(2,3)12(15)14(10)7-9-4-5-9/h8-11H,4-7H2,1-3H3. The van der Waals surface area contributed by atoms with E-state index in [9.17, 15) is 4.79 Å². The lowest BCUT2D eigenvalue weighted by Crippen LogP contribution is -2.47. The van der Waals surface area contributed by atoms with Crippen LogP contribution in [-0.4, -0.2) is 23.4 Å². The second kappa shape index (κ2) is 2.78. The van der Waals surface area contributed by atoms with E-state index < -0.39 is 0 Å². The molecule has 0 aromatic rings. The summed E-state index contributed by atoms with van der Waals surface area (Å²) >= 11 is 0. The van der Waals surface area contributed by atoms with E-state index >= 15 is 0 Å². The first-order valence-corrected chi connectivity index (χ1v) is 6.33. The number of rotatable bonds is 2. The van der Waals surface area contributed by atoms with Crippen LogP contribution in [0.3, 0.4) is 0 Å². The Morgan fingerprint density at radius 2 is 2.07 bits per heavy atom. The van der Waals surface area contributed by atoms with Gasteiger partial charge in [-0.1, -0.05) is 20.8 Å². The third-order valence-corrected chi connectivity index (χ3v) is 4.84. The van der Waals surface area contributed by atoms with Crippen LogP contribution < -0.4 is 0 Å². The molecule has 2 nitrogen and oxygen atoms in total. The van der Waals surface area contributed by atoms with Crippen LogP contribution in [0.2, 0.25) is 0 Å². The third kappa shape index (κ3) is 1.20. The van der Waals surface area contributed by atoms with Crippen LogP contribution in [0.15, 0.2) is 0 Å². The van der Waals surface area contributed by atoms with Gasteiger partial charge in [0.1, 0.15) is 0 Å². The minimum atomic E-state index is -0.0861. The van der Waals surface area contributed by atoms with Gasteiger partial charge >= 0.3 is 0 Å². The van der Waals surface area contributed by atoms with Crippen molar-refractivity contribution in [3.05, 3.63) is 0 Å². The molecule has 84 valence electrons. The number of amides is 1. The lowest BCUT2D eigenvalue weighted by atomic mass is 9.61. The van der Waals surface area contributed by atoms with Crippen molar-refractivity contribution in [1.29, 1.82) is 0 Å². The van der Waals surface area contributed by atoms with Crippen molar-refractivity contribution < 1.29 is 4.79 Å². The number of nitrogens with zero attached hydrogens (tertiary/aromatic N) is 1. The Bertz CT molecular complexity index is 306. The Balaban J connectivity index is 1.82. The van der Waals surface area contributed by atoms with Gasteiger partial charge in [0, 0.05) is 18.0 Å². The fraction of sp³-hybridized carbons (Fsp3) is 0.923. The minimum absolute atomic E-state index is 0.0861. The first-order chi connectivity index (χ1) is 7.01. The second-order valence-corrected chi connectivity index (χ2v) is 6.43. The molecule has 3 aliphatic rings. The molecule has 0 bridgehead atoms. The number of hydrogen-bond donors (Lipinski definition) is 0. The molecule has 0 aromatic carbocycles. The molecule has 1 aliphatic heterocycles. The van der Waals surface area contributed by atoms with Crippen LogP contribution in [0, 0.1) is 23.2 Å². The number of carbonyl (C=O) groups is 1. The number of hydrogen-bond acceptors (Lipinski definition) is 1. The topological polar surface area (TPSA) is 20.3 Å². The summed E-state index contributed by atoms with van der Waals surface area (Å²) in [6, 6.07) is 0.586. The van der Waals surface area contributed by atoms with Gasteiger partial charge in [-0.15, -0.1) is 0 Å². The van der Waals surface area contributed by atoms with Gasteiger partial charge < -0.3 is 4.90 Å². The van der Waals surface area contributed by atoms with E-state index in [1.807, 2.05) is 0 Å². The van der Waals surface area contributed by atoms with E-state index in [-0.39, 0.29) is 5.41 Å². The second-order valence-electron chi connectivity index (χ2n) is 6.43. The van der Waals surface area contributed by atoms with Crippen LogP contribution in [-0.2, 0) is 4.79 Å². The normalized spacial score (nSPS) is 42.7. The van der Waals surface area contributed by atoms with Gasteiger partial charge in [-0.2, -0.15) is 0 Å². The molecular weight excluding hydrogens is 186 g/mol. The molecule has 0 aromatic heterocycles. The smallest absolute Gasteiger partial charge is 0.228 e. The van der Waals surface area contributed by atoms with Gasteiger partial charge in [0.05, 0.1) is 0 Å². The van der Waals surface area contributed by atoms with E-state index in [4.69, 9.17) is 0 Å². The van der Waals surface area contributed by atoms with E-state index in [0.29, 0.717) is 17.9 Å².